The molecule has 2 atom stereocenters. The van der Waals surface area contributed by atoms with Crippen LogP contribution < -0.4 is 14.8 Å². The molecule has 0 unspecified atom stereocenters. The van der Waals surface area contributed by atoms with Gasteiger partial charge in [0.2, 0.25) is 5.91 Å². The number of halogens is 3. The van der Waals surface area contributed by atoms with E-state index in [0.29, 0.717) is 5.92 Å². The summed E-state index contributed by atoms with van der Waals surface area (Å²) in [4.78, 5) is 18.8. The van der Waals surface area contributed by atoms with Crippen LogP contribution in [0, 0.1) is 11.3 Å². The maximum atomic E-state index is 12.8. The maximum Gasteiger partial charge on any atom is 0.573 e. The Morgan fingerprint density at radius 2 is 2.11 bits per heavy atom. The molecule has 2 rings (SSSR count). The van der Waals surface area contributed by atoms with E-state index in [4.69, 9.17) is 4.74 Å². The highest BCUT2D eigenvalue weighted by atomic mass is 19.4. The van der Waals surface area contributed by atoms with Crippen LogP contribution >= 0.6 is 0 Å². The molecule has 9 heteroatoms. The third-order valence-corrected chi connectivity index (χ3v) is 4.92. The van der Waals surface area contributed by atoms with E-state index in [0.717, 1.165) is 32.0 Å². The van der Waals surface area contributed by atoms with Crippen molar-refractivity contribution in [1.82, 2.24) is 15.2 Å². The summed E-state index contributed by atoms with van der Waals surface area (Å²) >= 11 is 0. The number of pyridine rings is 1. The highest BCUT2D eigenvalue weighted by molar-refractivity contribution is 5.82. The summed E-state index contributed by atoms with van der Waals surface area (Å²) in [6.07, 6.45) is -1.73. The Labute approximate surface area is 163 Å². The quantitative estimate of drug-likeness (QED) is 0.757. The van der Waals surface area contributed by atoms with Crippen LogP contribution in [0.1, 0.15) is 33.6 Å². The largest absolute Gasteiger partial charge is 0.573 e. The minimum atomic E-state index is -4.85. The molecule has 0 bridgehead atoms. The van der Waals surface area contributed by atoms with Crippen LogP contribution in [0.2, 0.25) is 0 Å². The van der Waals surface area contributed by atoms with Crippen LogP contribution in [0.5, 0.6) is 11.6 Å². The number of hydrogen-bond acceptors (Lipinski definition) is 5. The van der Waals surface area contributed by atoms with Gasteiger partial charge in [0.25, 0.3) is 5.88 Å². The highest BCUT2D eigenvalue weighted by Crippen LogP contribution is 2.31. The molecule has 0 aliphatic carbocycles. The van der Waals surface area contributed by atoms with Gasteiger partial charge >= 0.3 is 6.36 Å². The standard InChI is InChI=1S/C19H28F3N3O3/c1-5-13-11-25(4)10-8-14(13)24-17(26)18(2,3)12-27-16-15(7-6-9-23-16)28-19(20,21)22/h6-7,9,13-14H,5,8,10-12H2,1-4H3,(H,24,26)/t13-,14+/m1/s1. The van der Waals surface area contributed by atoms with Crippen molar-refractivity contribution in [3.05, 3.63) is 18.3 Å². The Kier molecular flexibility index (Phi) is 7.14. The fourth-order valence-corrected chi connectivity index (χ4v) is 3.18. The molecule has 0 radical (unpaired) electrons. The van der Waals surface area contributed by atoms with Crippen molar-refractivity contribution in [2.45, 2.75) is 46.0 Å². The van der Waals surface area contributed by atoms with Crippen molar-refractivity contribution in [3.63, 3.8) is 0 Å². The highest BCUT2D eigenvalue weighted by Gasteiger charge is 2.36. The van der Waals surface area contributed by atoms with Crippen LogP contribution in [-0.2, 0) is 4.79 Å². The molecule has 1 fully saturated rings. The van der Waals surface area contributed by atoms with Crippen LogP contribution in [0.15, 0.2) is 18.3 Å². The van der Waals surface area contributed by atoms with Gasteiger partial charge in [0.1, 0.15) is 6.61 Å². The van der Waals surface area contributed by atoms with Crippen molar-refractivity contribution in [1.29, 1.82) is 0 Å². The first kappa shape index (κ1) is 22.3. The number of nitrogens with one attached hydrogen (secondary N) is 1. The van der Waals surface area contributed by atoms with Crippen LogP contribution in [-0.4, -0.2) is 54.9 Å². The van der Waals surface area contributed by atoms with E-state index in [1.165, 1.54) is 12.3 Å². The lowest BCUT2D eigenvalue weighted by Gasteiger charge is -2.38. The molecule has 1 aliphatic rings. The number of carbonyl (C=O) groups excluding carboxylic acids is 1. The Bertz CT molecular complexity index is 667. The zero-order chi connectivity index (χ0) is 20.9. The third kappa shape index (κ3) is 6.25. The third-order valence-electron chi connectivity index (χ3n) is 4.92. The average Bonchev–Trinajstić information content (AvgIpc) is 2.61. The molecule has 1 amide bonds. The van der Waals surface area contributed by atoms with Gasteiger partial charge in [-0.2, -0.15) is 0 Å². The molecule has 2 heterocycles. The number of likely N-dealkylation sites (tertiary alicyclic amines) is 1. The Morgan fingerprint density at radius 3 is 2.75 bits per heavy atom. The second-order valence-electron chi connectivity index (χ2n) is 7.83. The second kappa shape index (κ2) is 8.98. The SMILES string of the molecule is CC[C@@H]1CN(C)CC[C@@H]1NC(=O)C(C)(C)COc1ncccc1OC(F)(F)F. The van der Waals surface area contributed by atoms with Crippen molar-refractivity contribution >= 4 is 5.91 Å². The zero-order valence-corrected chi connectivity index (χ0v) is 16.7. The number of piperidine rings is 1. The predicted octanol–water partition coefficient (Wildman–Crippen LogP) is 3.23. The number of ether oxygens (including phenoxy) is 2. The van der Waals surface area contributed by atoms with Gasteiger partial charge in [-0.25, -0.2) is 4.98 Å². The monoisotopic (exact) mass is 403 g/mol. The van der Waals surface area contributed by atoms with E-state index >= 15 is 0 Å². The van der Waals surface area contributed by atoms with Crippen molar-refractivity contribution in [3.8, 4) is 11.6 Å². The molecular formula is C19H28F3N3O3. The van der Waals surface area contributed by atoms with E-state index in [1.807, 2.05) is 0 Å². The van der Waals surface area contributed by atoms with Gasteiger partial charge in [-0.3, -0.25) is 4.79 Å². The molecule has 28 heavy (non-hydrogen) atoms. The molecule has 0 saturated carbocycles. The number of rotatable bonds is 7. The lowest BCUT2D eigenvalue weighted by atomic mass is 9.87. The lowest BCUT2D eigenvalue weighted by Crippen LogP contribution is -2.53. The van der Waals surface area contributed by atoms with E-state index < -0.39 is 17.5 Å². The molecule has 1 N–H and O–H groups in total. The molecule has 0 aromatic carbocycles. The van der Waals surface area contributed by atoms with E-state index in [2.05, 4.69) is 33.9 Å². The summed E-state index contributed by atoms with van der Waals surface area (Å²) in [5, 5.41) is 3.09. The fraction of sp³-hybridized carbons (Fsp3) is 0.684. The molecule has 158 valence electrons. The Hall–Kier alpha value is -2.03. The topological polar surface area (TPSA) is 63.7 Å². The number of nitrogens with zero attached hydrogens (tertiary/aromatic N) is 2. The van der Waals surface area contributed by atoms with Crippen molar-refractivity contribution in [2.24, 2.45) is 11.3 Å². The minimum absolute atomic E-state index is 0.0759. The lowest BCUT2D eigenvalue weighted by molar-refractivity contribution is -0.275. The van der Waals surface area contributed by atoms with Gasteiger partial charge in [-0.05, 0) is 51.9 Å². The number of carbonyl (C=O) groups is 1. The number of hydrogen-bond donors (Lipinski definition) is 1. The minimum Gasteiger partial charge on any atom is -0.474 e. The smallest absolute Gasteiger partial charge is 0.474 e. The summed E-state index contributed by atoms with van der Waals surface area (Å²) in [5.41, 5.74) is -0.950. The number of amides is 1. The molecule has 0 spiro atoms. The summed E-state index contributed by atoms with van der Waals surface area (Å²) in [6, 6.07) is 2.51. The Morgan fingerprint density at radius 1 is 1.39 bits per heavy atom. The first-order valence-corrected chi connectivity index (χ1v) is 9.35. The van der Waals surface area contributed by atoms with Gasteiger partial charge in [0.05, 0.1) is 5.41 Å². The van der Waals surface area contributed by atoms with Crippen LogP contribution in [0.3, 0.4) is 0 Å². The fourth-order valence-electron chi connectivity index (χ4n) is 3.18. The van der Waals surface area contributed by atoms with Crippen LogP contribution in [0.25, 0.3) is 0 Å². The summed E-state index contributed by atoms with van der Waals surface area (Å²) < 4.78 is 46.9. The summed E-state index contributed by atoms with van der Waals surface area (Å²) in [7, 11) is 2.06. The molecule has 1 aromatic heterocycles. The first-order chi connectivity index (χ1) is 13.0. The Balaban J connectivity index is 1.99. The number of alkyl halides is 3. The van der Waals surface area contributed by atoms with Gasteiger partial charge in [0.15, 0.2) is 5.75 Å². The normalized spacial score (nSPS) is 21.2. The first-order valence-electron chi connectivity index (χ1n) is 9.35. The number of aromatic nitrogens is 1. The molecule has 1 aliphatic heterocycles. The van der Waals surface area contributed by atoms with Gasteiger partial charge in [0, 0.05) is 18.8 Å². The molecular weight excluding hydrogens is 375 g/mol. The van der Waals surface area contributed by atoms with E-state index in [9.17, 15) is 18.0 Å². The van der Waals surface area contributed by atoms with Crippen molar-refractivity contribution in [2.75, 3.05) is 26.7 Å². The predicted molar refractivity (Wildman–Crippen MR) is 98.0 cm³/mol. The van der Waals surface area contributed by atoms with Crippen LogP contribution in [0.4, 0.5) is 13.2 Å². The molecule has 1 aromatic rings. The van der Waals surface area contributed by atoms with Gasteiger partial charge < -0.3 is 19.7 Å². The van der Waals surface area contributed by atoms with Gasteiger partial charge in [-0.1, -0.05) is 13.3 Å². The molecule has 6 nitrogen and oxygen atoms in total. The van der Waals surface area contributed by atoms with Gasteiger partial charge in [-0.15, -0.1) is 13.2 Å². The van der Waals surface area contributed by atoms with E-state index in [1.54, 1.807) is 13.8 Å². The zero-order valence-electron chi connectivity index (χ0n) is 16.7. The summed E-state index contributed by atoms with van der Waals surface area (Å²) in [6.45, 7) is 7.17. The van der Waals surface area contributed by atoms with Crippen molar-refractivity contribution < 1.29 is 27.4 Å². The maximum absolute atomic E-state index is 12.8. The van der Waals surface area contributed by atoms with E-state index in [-0.39, 0.29) is 24.4 Å². The second-order valence-corrected chi connectivity index (χ2v) is 7.83. The summed E-state index contributed by atoms with van der Waals surface area (Å²) in [5.74, 6) is -0.671. The molecule has 1 saturated heterocycles. The average molecular weight is 403 g/mol.